The Labute approximate surface area is 104 Å². The van der Waals surface area contributed by atoms with Crippen molar-refractivity contribution in [1.29, 1.82) is 0 Å². The SMILES string of the molecule is O=C(O)C1CCCc2[nH]c(Cn3cccn3)nc21. The van der Waals surface area contributed by atoms with Crippen molar-refractivity contribution in [2.75, 3.05) is 0 Å². The fourth-order valence-electron chi connectivity index (χ4n) is 2.44. The second-order valence-corrected chi connectivity index (χ2v) is 4.53. The Hall–Kier alpha value is -2.11. The monoisotopic (exact) mass is 246 g/mol. The summed E-state index contributed by atoms with van der Waals surface area (Å²) in [7, 11) is 0. The Morgan fingerprint density at radius 1 is 1.61 bits per heavy atom. The molecule has 0 radical (unpaired) electrons. The zero-order chi connectivity index (χ0) is 12.5. The van der Waals surface area contributed by atoms with E-state index in [1.165, 1.54) is 0 Å². The molecule has 2 aromatic rings. The minimum Gasteiger partial charge on any atom is -0.481 e. The first-order chi connectivity index (χ1) is 8.74. The van der Waals surface area contributed by atoms with E-state index in [2.05, 4.69) is 15.1 Å². The lowest BCUT2D eigenvalue weighted by atomic mass is 9.90. The Bertz CT molecular complexity index is 559. The molecule has 0 saturated heterocycles. The molecular weight excluding hydrogens is 232 g/mol. The van der Waals surface area contributed by atoms with Gasteiger partial charge >= 0.3 is 5.97 Å². The topological polar surface area (TPSA) is 83.8 Å². The van der Waals surface area contributed by atoms with E-state index in [9.17, 15) is 9.90 Å². The van der Waals surface area contributed by atoms with Crippen LogP contribution in [0.5, 0.6) is 0 Å². The van der Waals surface area contributed by atoms with E-state index >= 15 is 0 Å². The summed E-state index contributed by atoms with van der Waals surface area (Å²) >= 11 is 0. The number of H-pyrrole nitrogens is 1. The van der Waals surface area contributed by atoms with Crippen molar-refractivity contribution in [3.63, 3.8) is 0 Å². The zero-order valence-corrected chi connectivity index (χ0v) is 9.83. The molecule has 0 bridgehead atoms. The van der Waals surface area contributed by atoms with Crippen molar-refractivity contribution in [2.45, 2.75) is 31.7 Å². The maximum Gasteiger partial charge on any atom is 0.312 e. The van der Waals surface area contributed by atoms with Gasteiger partial charge in [0.05, 0.1) is 12.2 Å². The normalized spacial score (nSPS) is 18.6. The molecule has 18 heavy (non-hydrogen) atoms. The van der Waals surface area contributed by atoms with Crippen LogP contribution in [0.3, 0.4) is 0 Å². The van der Waals surface area contributed by atoms with Crippen molar-refractivity contribution >= 4 is 5.97 Å². The molecule has 3 rings (SSSR count). The fraction of sp³-hybridized carbons (Fsp3) is 0.417. The highest BCUT2D eigenvalue weighted by molar-refractivity contribution is 5.76. The van der Waals surface area contributed by atoms with Gasteiger partial charge in [-0.2, -0.15) is 5.10 Å². The number of aromatic nitrogens is 4. The molecule has 0 aliphatic heterocycles. The minimum absolute atomic E-state index is 0.462. The highest BCUT2D eigenvalue weighted by Crippen LogP contribution is 2.30. The largest absolute Gasteiger partial charge is 0.481 e. The predicted molar refractivity (Wildman–Crippen MR) is 63.2 cm³/mol. The van der Waals surface area contributed by atoms with Crippen LogP contribution in [0.25, 0.3) is 0 Å². The van der Waals surface area contributed by atoms with E-state index in [0.717, 1.165) is 24.4 Å². The van der Waals surface area contributed by atoms with Gasteiger partial charge in [-0.25, -0.2) is 4.98 Å². The average Bonchev–Trinajstić information content (AvgIpc) is 2.96. The number of carbonyl (C=O) groups is 1. The second kappa shape index (κ2) is 4.29. The Morgan fingerprint density at radius 2 is 2.50 bits per heavy atom. The van der Waals surface area contributed by atoms with E-state index < -0.39 is 11.9 Å². The maximum atomic E-state index is 11.2. The molecule has 0 fully saturated rings. The number of carboxylic acid groups (broad SMARTS) is 1. The van der Waals surface area contributed by atoms with Crippen LogP contribution < -0.4 is 0 Å². The summed E-state index contributed by atoms with van der Waals surface area (Å²) in [4.78, 5) is 18.8. The highest BCUT2D eigenvalue weighted by Gasteiger charge is 2.29. The molecule has 94 valence electrons. The Morgan fingerprint density at radius 3 is 3.22 bits per heavy atom. The molecule has 1 atom stereocenters. The van der Waals surface area contributed by atoms with Crippen molar-refractivity contribution in [3.8, 4) is 0 Å². The molecule has 0 spiro atoms. The van der Waals surface area contributed by atoms with Crippen LogP contribution in [-0.2, 0) is 17.8 Å². The van der Waals surface area contributed by atoms with Gasteiger partial charge in [0, 0.05) is 18.1 Å². The number of hydrogen-bond donors (Lipinski definition) is 2. The molecular formula is C12H14N4O2. The van der Waals surface area contributed by atoms with Gasteiger partial charge in [0.1, 0.15) is 11.7 Å². The number of nitrogens with zero attached hydrogens (tertiary/aromatic N) is 3. The first-order valence-corrected chi connectivity index (χ1v) is 6.02. The van der Waals surface area contributed by atoms with Crippen LogP contribution >= 0.6 is 0 Å². The van der Waals surface area contributed by atoms with Crippen LogP contribution in [0.1, 0.15) is 36.0 Å². The molecule has 0 amide bonds. The first kappa shape index (κ1) is 11.0. The van der Waals surface area contributed by atoms with Crippen LogP contribution in [0.4, 0.5) is 0 Å². The van der Waals surface area contributed by atoms with Gasteiger partial charge in [-0.3, -0.25) is 9.48 Å². The van der Waals surface area contributed by atoms with E-state index in [4.69, 9.17) is 0 Å². The number of rotatable bonds is 3. The predicted octanol–water partition coefficient (Wildman–Crippen LogP) is 1.16. The zero-order valence-electron chi connectivity index (χ0n) is 9.83. The molecule has 1 aliphatic carbocycles. The van der Waals surface area contributed by atoms with Gasteiger partial charge in [0.2, 0.25) is 0 Å². The lowest BCUT2D eigenvalue weighted by Gasteiger charge is -2.16. The van der Waals surface area contributed by atoms with Crippen LogP contribution in [0, 0.1) is 0 Å². The van der Waals surface area contributed by atoms with E-state index in [0.29, 0.717) is 18.7 Å². The van der Waals surface area contributed by atoms with Gasteiger partial charge in [0.25, 0.3) is 0 Å². The third-order valence-corrected chi connectivity index (χ3v) is 3.28. The number of aryl methyl sites for hydroxylation is 1. The van der Waals surface area contributed by atoms with Gasteiger partial charge in [0.15, 0.2) is 0 Å². The lowest BCUT2D eigenvalue weighted by Crippen LogP contribution is -2.17. The van der Waals surface area contributed by atoms with Crippen molar-refractivity contribution in [1.82, 2.24) is 19.7 Å². The van der Waals surface area contributed by atoms with Gasteiger partial charge in [-0.15, -0.1) is 0 Å². The number of fused-ring (bicyclic) bond motifs is 1. The van der Waals surface area contributed by atoms with Gasteiger partial charge < -0.3 is 10.1 Å². The average molecular weight is 246 g/mol. The molecule has 0 saturated carbocycles. The number of imidazole rings is 1. The van der Waals surface area contributed by atoms with Gasteiger partial charge in [-0.05, 0) is 25.3 Å². The lowest BCUT2D eigenvalue weighted by molar-refractivity contribution is -0.139. The summed E-state index contributed by atoms with van der Waals surface area (Å²) in [6.07, 6.45) is 6.02. The van der Waals surface area contributed by atoms with E-state index in [1.807, 2.05) is 12.3 Å². The molecule has 1 unspecified atom stereocenters. The summed E-state index contributed by atoms with van der Waals surface area (Å²) < 4.78 is 1.76. The van der Waals surface area contributed by atoms with Crippen LogP contribution in [0.15, 0.2) is 18.5 Å². The third-order valence-electron chi connectivity index (χ3n) is 3.28. The highest BCUT2D eigenvalue weighted by atomic mass is 16.4. The Kier molecular flexibility index (Phi) is 2.62. The molecule has 6 nitrogen and oxygen atoms in total. The quantitative estimate of drug-likeness (QED) is 0.851. The fourth-order valence-corrected chi connectivity index (χ4v) is 2.44. The van der Waals surface area contributed by atoms with Crippen LogP contribution in [0.2, 0.25) is 0 Å². The molecule has 6 heteroatoms. The number of carboxylic acids is 1. The third kappa shape index (κ3) is 1.90. The number of aliphatic carboxylic acids is 1. The van der Waals surface area contributed by atoms with Crippen LogP contribution in [-0.4, -0.2) is 30.8 Å². The van der Waals surface area contributed by atoms with E-state index in [1.54, 1.807) is 10.9 Å². The molecule has 2 aromatic heterocycles. The summed E-state index contributed by atoms with van der Waals surface area (Å²) in [5.41, 5.74) is 1.67. The maximum absolute atomic E-state index is 11.2. The summed E-state index contributed by atoms with van der Waals surface area (Å²) in [6.45, 7) is 0.548. The summed E-state index contributed by atoms with van der Waals surface area (Å²) in [5, 5.41) is 13.3. The van der Waals surface area contributed by atoms with Crippen molar-refractivity contribution in [3.05, 3.63) is 35.7 Å². The first-order valence-electron chi connectivity index (χ1n) is 6.02. The summed E-state index contributed by atoms with van der Waals surface area (Å²) in [6, 6.07) is 1.85. The van der Waals surface area contributed by atoms with Crippen molar-refractivity contribution in [2.24, 2.45) is 0 Å². The van der Waals surface area contributed by atoms with Crippen molar-refractivity contribution < 1.29 is 9.90 Å². The molecule has 1 aliphatic rings. The second-order valence-electron chi connectivity index (χ2n) is 4.53. The van der Waals surface area contributed by atoms with E-state index in [-0.39, 0.29) is 0 Å². The molecule has 2 heterocycles. The Balaban J connectivity index is 1.89. The van der Waals surface area contributed by atoms with Gasteiger partial charge in [-0.1, -0.05) is 0 Å². The minimum atomic E-state index is -0.784. The number of aromatic amines is 1. The number of nitrogens with one attached hydrogen (secondary N) is 1. The molecule has 0 aromatic carbocycles. The summed E-state index contributed by atoms with van der Waals surface area (Å²) in [5.74, 6) is -0.471. The number of hydrogen-bond acceptors (Lipinski definition) is 3. The molecule has 2 N–H and O–H groups in total. The smallest absolute Gasteiger partial charge is 0.312 e. The standard InChI is InChI=1S/C12H14N4O2/c17-12(18)8-3-1-4-9-11(8)15-10(14-9)7-16-6-2-5-13-16/h2,5-6,8H,1,3-4,7H2,(H,14,15)(H,17,18).